The number of likely N-dealkylation sites (tertiary alicyclic amines) is 1. The standard InChI is InChI=1S/C15H21N3O2S/c1-17(2)8-12-6-13(19)9-18(12)7-11-10-20-15(16-11)14-4-3-5-21-14/h3-5,10,12-13,19H,6-9H2,1-2H3. The molecular formula is C15H21N3O2S. The lowest BCUT2D eigenvalue weighted by Gasteiger charge is -2.25. The van der Waals surface area contributed by atoms with Gasteiger partial charge < -0.3 is 14.4 Å². The number of β-amino-alcohol motifs (C(OH)–C–C–N with tert-alkyl or cyclic N) is 1. The maximum absolute atomic E-state index is 9.91. The zero-order chi connectivity index (χ0) is 14.8. The monoisotopic (exact) mass is 307 g/mol. The molecule has 1 N–H and O–H groups in total. The summed E-state index contributed by atoms with van der Waals surface area (Å²) in [7, 11) is 4.13. The first-order valence-corrected chi connectivity index (χ1v) is 8.05. The Balaban J connectivity index is 1.68. The Hall–Kier alpha value is -1.21. The average Bonchev–Trinajstić information content (AvgIpc) is 3.11. The fourth-order valence-electron chi connectivity index (χ4n) is 2.86. The third kappa shape index (κ3) is 3.52. The first kappa shape index (κ1) is 14.7. The Labute approximate surface area is 128 Å². The minimum atomic E-state index is -0.237. The highest BCUT2D eigenvalue weighted by molar-refractivity contribution is 7.13. The van der Waals surface area contributed by atoms with Crippen LogP contribution in [0.2, 0.25) is 0 Å². The van der Waals surface area contributed by atoms with Gasteiger partial charge in [0.15, 0.2) is 0 Å². The van der Waals surface area contributed by atoms with Gasteiger partial charge in [0, 0.05) is 25.7 Å². The summed E-state index contributed by atoms with van der Waals surface area (Å²) in [5, 5.41) is 11.9. The summed E-state index contributed by atoms with van der Waals surface area (Å²) >= 11 is 1.62. The van der Waals surface area contributed by atoms with E-state index < -0.39 is 0 Å². The second-order valence-electron chi connectivity index (χ2n) is 5.86. The lowest BCUT2D eigenvalue weighted by molar-refractivity contribution is 0.168. The van der Waals surface area contributed by atoms with Gasteiger partial charge in [-0.3, -0.25) is 4.90 Å². The molecule has 2 aromatic rings. The fraction of sp³-hybridized carbons (Fsp3) is 0.533. The van der Waals surface area contributed by atoms with E-state index in [0.29, 0.717) is 18.5 Å². The van der Waals surface area contributed by atoms with E-state index in [1.54, 1.807) is 17.6 Å². The second kappa shape index (κ2) is 6.27. The molecule has 1 fully saturated rings. The number of aliphatic hydroxyl groups is 1. The topological polar surface area (TPSA) is 52.7 Å². The molecule has 0 spiro atoms. The number of hydrogen-bond donors (Lipinski definition) is 1. The van der Waals surface area contributed by atoms with Crippen LogP contribution < -0.4 is 0 Å². The van der Waals surface area contributed by atoms with E-state index in [0.717, 1.165) is 30.1 Å². The van der Waals surface area contributed by atoms with Crippen molar-refractivity contribution < 1.29 is 9.52 Å². The highest BCUT2D eigenvalue weighted by atomic mass is 32.1. The van der Waals surface area contributed by atoms with Crippen LogP contribution in [0, 0.1) is 0 Å². The third-order valence-corrected chi connectivity index (χ3v) is 4.59. The average molecular weight is 307 g/mol. The van der Waals surface area contributed by atoms with Crippen molar-refractivity contribution in [1.29, 1.82) is 0 Å². The van der Waals surface area contributed by atoms with Gasteiger partial charge in [0.25, 0.3) is 0 Å². The van der Waals surface area contributed by atoms with E-state index in [2.05, 4.69) is 28.9 Å². The molecule has 1 saturated heterocycles. The van der Waals surface area contributed by atoms with Gasteiger partial charge in [0.05, 0.1) is 16.7 Å². The summed E-state index contributed by atoms with van der Waals surface area (Å²) in [6, 6.07) is 4.37. The first-order chi connectivity index (χ1) is 10.1. The van der Waals surface area contributed by atoms with Crippen LogP contribution in [0.5, 0.6) is 0 Å². The highest BCUT2D eigenvalue weighted by Gasteiger charge is 2.31. The lowest BCUT2D eigenvalue weighted by Crippen LogP contribution is -2.37. The van der Waals surface area contributed by atoms with Crippen LogP contribution in [0.25, 0.3) is 10.8 Å². The largest absolute Gasteiger partial charge is 0.444 e. The number of rotatable bonds is 5. The van der Waals surface area contributed by atoms with E-state index in [-0.39, 0.29) is 6.10 Å². The van der Waals surface area contributed by atoms with E-state index in [9.17, 15) is 5.11 Å². The van der Waals surface area contributed by atoms with Crippen molar-refractivity contribution in [3.05, 3.63) is 29.5 Å². The molecule has 21 heavy (non-hydrogen) atoms. The molecule has 114 valence electrons. The third-order valence-electron chi connectivity index (χ3n) is 3.73. The summed E-state index contributed by atoms with van der Waals surface area (Å²) in [5.41, 5.74) is 0.927. The maximum atomic E-state index is 9.91. The van der Waals surface area contributed by atoms with Gasteiger partial charge in [0.1, 0.15) is 6.26 Å². The molecule has 0 aromatic carbocycles. The Bertz CT molecular complexity index is 567. The predicted molar refractivity (Wildman–Crippen MR) is 83.2 cm³/mol. The van der Waals surface area contributed by atoms with Crippen LogP contribution in [-0.4, -0.2) is 59.2 Å². The molecule has 2 unspecified atom stereocenters. The van der Waals surface area contributed by atoms with Crippen LogP contribution in [0.3, 0.4) is 0 Å². The van der Waals surface area contributed by atoms with Crippen LogP contribution in [0.4, 0.5) is 0 Å². The van der Waals surface area contributed by atoms with E-state index in [1.807, 2.05) is 17.5 Å². The number of nitrogens with zero attached hydrogens (tertiary/aromatic N) is 3. The number of aromatic nitrogens is 1. The molecule has 0 bridgehead atoms. The molecule has 5 nitrogen and oxygen atoms in total. The van der Waals surface area contributed by atoms with Crippen molar-refractivity contribution >= 4 is 11.3 Å². The first-order valence-electron chi connectivity index (χ1n) is 7.17. The minimum Gasteiger partial charge on any atom is -0.444 e. The smallest absolute Gasteiger partial charge is 0.236 e. The number of likely N-dealkylation sites (N-methyl/N-ethyl adjacent to an activating group) is 1. The SMILES string of the molecule is CN(C)CC1CC(O)CN1Cc1coc(-c2cccs2)n1. The van der Waals surface area contributed by atoms with Gasteiger partial charge in [-0.25, -0.2) is 4.98 Å². The summed E-state index contributed by atoms with van der Waals surface area (Å²) in [4.78, 5) is 10.1. The molecule has 2 atom stereocenters. The van der Waals surface area contributed by atoms with Crippen LogP contribution in [-0.2, 0) is 6.54 Å². The number of thiophene rings is 1. The van der Waals surface area contributed by atoms with Crippen LogP contribution >= 0.6 is 11.3 Å². The molecule has 0 saturated carbocycles. The van der Waals surface area contributed by atoms with Gasteiger partial charge in [0.2, 0.25) is 5.89 Å². The lowest BCUT2D eigenvalue weighted by atomic mass is 10.2. The van der Waals surface area contributed by atoms with Gasteiger partial charge in [-0.15, -0.1) is 11.3 Å². The second-order valence-corrected chi connectivity index (χ2v) is 6.80. The molecule has 0 aliphatic carbocycles. The Morgan fingerprint density at radius 2 is 2.38 bits per heavy atom. The van der Waals surface area contributed by atoms with Crippen molar-refractivity contribution in [2.45, 2.75) is 25.1 Å². The predicted octanol–water partition coefficient (Wildman–Crippen LogP) is 1.90. The van der Waals surface area contributed by atoms with Gasteiger partial charge in [-0.1, -0.05) is 6.07 Å². The van der Waals surface area contributed by atoms with Crippen molar-refractivity contribution in [2.75, 3.05) is 27.2 Å². The quantitative estimate of drug-likeness (QED) is 0.914. The zero-order valence-electron chi connectivity index (χ0n) is 12.4. The van der Waals surface area contributed by atoms with E-state index >= 15 is 0 Å². The van der Waals surface area contributed by atoms with Crippen molar-refractivity contribution in [3.63, 3.8) is 0 Å². The summed E-state index contributed by atoms with van der Waals surface area (Å²) in [6.45, 7) is 2.39. The Kier molecular flexibility index (Phi) is 4.40. The van der Waals surface area contributed by atoms with Crippen molar-refractivity contribution in [2.24, 2.45) is 0 Å². The van der Waals surface area contributed by atoms with Crippen LogP contribution in [0.15, 0.2) is 28.2 Å². The molecular weight excluding hydrogens is 286 g/mol. The van der Waals surface area contributed by atoms with Gasteiger partial charge in [-0.05, 0) is 32.0 Å². The molecule has 1 aliphatic rings. The van der Waals surface area contributed by atoms with Crippen molar-refractivity contribution in [1.82, 2.24) is 14.8 Å². The van der Waals surface area contributed by atoms with Crippen molar-refractivity contribution in [3.8, 4) is 10.8 Å². The number of hydrogen-bond acceptors (Lipinski definition) is 6. The van der Waals surface area contributed by atoms with E-state index in [4.69, 9.17) is 4.42 Å². The molecule has 1 aliphatic heterocycles. The van der Waals surface area contributed by atoms with Gasteiger partial charge >= 0.3 is 0 Å². The zero-order valence-corrected chi connectivity index (χ0v) is 13.2. The highest BCUT2D eigenvalue weighted by Crippen LogP contribution is 2.25. The summed E-state index contributed by atoms with van der Waals surface area (Å²) < 4.78 is 5.56. The molecule has 6 heteroatoms. The molecule has 0 amide bonds. The summed E-state index contributed by atoms with van der Waals surface area (Å²) in [6.07, 6.45) is 2.32. The normalized spacial score (nSPS) is 23.2. The fourth-order valence-corrected chi connectivity index (χ4v) is 3.52. The molecule has 3 rings (SSSR count). The van der Waals surface area contributed by atoms with E-state index in [1.165, 1.54) is 0 Å². The number of aliphatic hydroxyl groups excluding tert-OH is 1. The van der Waals surface area contributed by atoms with Gasteiger partial charge in [-0.2, -0.15) is 0 Å². The molecule has 2 aromatic heterocycles. The Morgan fingerprint density at radius 1 is 1.52 bits per heavy atom. The Morgan fingerprint density at radius 3 is 3.10 bits per heavy atom. The maximum Gasteiger partial charge on any atom is 0.236 e. The minimum absolute atomic E-state index is 0.237. The molecule has 3 heterocycles. The van der Waals surface area contributed by atoms with Crippen LogP contribution in [0.1, 0.15) is 12.1 Å². The summed E-state index contributed by atoms with van der Waals surface area (Å²) in [5.74, 6) is 0.684. The number of oxazole rings is 1. The molecule has 0 radical (unpaired) electrons.